The summed E-state index contributed by atoms with van der Waals surface area (Å²) in [7, 11) is 0. The van der Waals surface area contributed by atoms with Crippen molar-refractivity contribution in [3.05, 3.63) is 29.6 Å². The molecule has 0 aliphatic carbocycles. The lowest BCUT2D eigenvalue weighted by Gasteiger charge is -2.31. The lowest BCUT2D eigenvalue weighted by Crippen LogP contribution is -2.43. The Bertz CT molecular complexity index is 537. The first-order valence-electron chi connectivity index (χ1n) is 7.59. The van der Waals surface area contributed by atoms with Crippen molar-refractivity contribution in [3.8, 4) is 0 Å². The molecule has 1 fully saturated rings. The van der Waals surface area contributed by atoms with Crippen LogP contribution < -0.4 is 10.6 Å². The van der Waals surface area contributed by atoms with Crippen LogP contribution in [0.2, 0.25) is 0 Å². The molecular formula is C16H21FN2OS. The third kappa shape index (κ3) is 3.40. The fourth-order valence-electron chi connectivity index (χ4n) is 3.17. The van der Waals surface area contributed by atoms with Gasteiger partial charge in [-0.15, -0.1) is 11.8 Å². The number of nitrogens with one attached hydrogen (secondary N) is 2. The Morgan fingerprint density at radius 1 is 1.43 bits per heavy atom. The largest absolute Gasteiger partial charge is 0.349 e. The molecule has 2 aliphatic heterocycles. The number of hydrogen-bond donors (Lipinski definition) is 2. The Balaban J connectivity index is 1.71. The van der Waals surface area contributed by atoms with Gasteiger partial charge < -0.3 is 10.6 Å². The van der Waals surface area contributed by atoms with Gasteiger partial charge >= 0.3 is 0 Å². The summed E-state index contributed by atoms with van der Waals surface area (Å²) in [5.74, 6) is 0.931. The van der Waals surface area contributed by atoms with Gasteiger partial charge in [-0.1, -0.05) is 0 Å². The van der Waals surface area contributed by atoms with Gasteiger partial charge in [0, 0.05) is 22.6 Å². The van der Waals surface area contributed by atoms with Gasteiger partial charge in [0.2, 0.25) is 5.91 Å². The van der Waals surface area contributed by atoms with Crippen LogP contribution >= 0.6 is 11.8 Å². The molecule has 3 unspecified atom stereocenters. The van der Waals surface area contributed by atoms with Crippen LogP contribution in [0, 0.1) is 11.7 Å². The zero-order valence-corrected chi connectivity index (χ0v) is 13.0. The van der Waals surface area contributed by atoms with Crippen LogP contribution in [0.15, 0.2) is 23.1 Å². The molecule has 0 spiro atoms. The zero-order chi connectivity index (χ0) is 14.8. The molecule has 0 aromatic heterocycles. The smallest absolute Gasteiger partial charge is 0.223 e. The lowest BCUT2D eigenvalue weighted by atomic mass is 9.91. The second-order valence-electron chi connectivity index (χ2n) is 5.96. The molecule has 2 N–H and O–H groups in total. The molecule has 1 amide bonds. The first kappa shape index (κ1) is 14.9. The lowest BCUT2D eigenvalue weighted by molar-refractivity contribution is -0.126. The maximum Gasteiger partial charge on any atom is 0.223 e. The minimum Gasteiger partial charge on any atom is -0.349 e. The van der Waals surface area contributed by atoms with Gasteiger partial charge in [-0.05, 0) is 56.5 Å². The van der Waals surface area contributed by atoms with Crippen LogP contribution in [-0.2, 0) is 4.79 Å². The van der Waals surface area contributed by atoms with Crippen molar-refractivity contribution in [2.45, 2.75) is 43.2 Å². The van der Waals surface area contributed by atoms with Crippen LogP contribution in [0.25, 0.3) is 0 Å². The van der Waals surface area contributed by atoms with Crippen LogP contribution in [0.1, 0.15) is 37.8 Å². The van der Waals surface area contributed by atoms with Crippen molar-refractivity contribution in [1.82, 2.24) is 10.6 Å². The molecule has 0 saturated carbocycles. The molecule has 3 atom stereocenters. The molecule has 3 nitrogen and oxygen atoms in total. The maximum absolute atomic E-state index is 13.5. The Morgan fingerprint density at radius 3 is 3.10 bits per heavy atom. The number of carbonyl (C=O) groups excluding carboxylic acids is 1. The van der Waals surface area contributed by atoms with Crippen molar-refractivity contribution in [3.63, 3.8) is 0 Å². The summed E-state index contributed by atoms with van der Waals surface area (Å²) in [6.07, 6.45) is 2.63. The molecule has 2 aliphatic rings. The SMILES string of the molecule is CC1CC(C(=O)NC2CCSc3ccc(F)cc32)CCN1. The number of amides is 1. The fraction of sp³-hybridized carbons (Fsp3) is 0.562. The number of benzene rings is 1. The summed E-state index contributed by atoms with van der Waals surface area (Å²) in [5.41, 5.74) is 0.932. The van der Waals surface area contributed by atoms with E-state index < -0.39 is 0 Å². The minimum absolute atomic E-state index is 0.0466. The van der Waals surface area contributed by atoms with Gasteiger partial charge in [0.1, 0.15) is 5.82 Å². The maximum atomic E-state index is 13.5. The average Bonchev–Trinajstić information content (AvgIpc) is 2.48. The number of fused-ring (bicyclic) bond motifs is 1. The Kier molecular flexibility index (Phi) is 4.50. The van der Waals surface area contributed by atoms with Crippen molar-refractivity contribution < 1.29 is 9.18 Å². The number of hydrogen-bond acceptors (Lipinski definition) is 3. The molecule has 3 rings (SSSR count). The summed E-state index contributed by atoms with van der Waals surface area (Å²) >= 11 is 1.74. The molecule has 2 heterocycles. The third-order valence-corrected chi connectivity index (χ3v) is 5.44. The predicted molar refractivity (Wildman–Crippen MR) is 82.8 cm³/mol. The summed E-state index contributed by atoms with van der Waals surface area (Å²) in [5, 5.41) is 6.51. The van der Waals surface area contributed by atoms with E-state index in [-0.39, 0.29) is 23.7 Å². The monoisotopic (exact) mass is 308 g/mol. The second kappa shape index (κ2) is 6.36. The van der Waals surface area contributed by atoms with E-state index >= 15 is 0 Å². The summed E-state index contributed by atoms with van der Waals surface area (Å²) in [6.45, 7) is 3.01. The molecule has 0 radical (unpaired) electrons. The summed E-state index contributed by atoms with van der Waals surface area (Å²) in [4.78, 5) is 13.6. The van der Waals surface area contributed by atoms with Gasteiger partial charge in [-0.2, -0.15) is 0 Å². The highest BCUT2D eigenvalue weighted by molar-refractivity contribution is 7.99. The Morgan fingerprint density at radius 2 is 2.29 bits per heavy atom. The van der Waals surface area contributed by atoms with Gasteiger partial charge in [0.25, 0.3) is 0 Å². The zero-order valence-electron chi connectivity index (χ0n) is 12.2. The van der Waals surface area contributed by atoms with Gasteiger partial charge in [-0.25, -0.2) is 4.39 Å². The minimum atomic E-state index is -0.231. The van der Waals surface area contributed by atoms with E-state index in [4.69, 9.17) is 0 Å². The Labute approximate surface area is 129 Å². The van der Waals surface area contributed by atoms with Crippen LogP contribution in [0.3, 0.4) is 0 Å². The topological polar surface area (TPSA) is 41.1 Å². The number of thioether (sulfide) groups is 1. The number of rotatable bonds is 2. The van der Waals surface area contributed by atoms with Crippen molar-refractivity contribution >= 4 is 17.7 Å². The highest BCUT2D eigenvalue weighted by Crippen LogP contribution is 2.36. The van der Waals surface area contributed by atoms with E-state index in [1.54, 1.807) is 17.8 Å². The number of carbonyl (C=O) groups is 1. The van der Waals surface area contributed by atoms with Gasteiger partial charge in [0.15, 0.2) is 0 Å². The van der Waals surface area contributed by atoms with Crippen molar-refractivity contribution in [2.24, 2.45) is 5.92 Å². The van der Waals surface area contributed by atoms with E-state index in [0.717, 1.165) is 42.0 Å². The first-order valence-corrected chi connectivity index (χ1v) is 8.58. The highest BCUT2D eigenvalue weighted by Gasteiger charge is 2.28. The molecule has 0 bridgehead atoms. The van der Waals surface area contributed by atoms with Gasteiger partial charge in [-0.3, -0.25) is 4.79 Å². The molecule has 21 heavy (non-hydrogen) atoms. The third-order valence-electron chi connectivity index (χ3n) is 4.32. The Hall–Kier alpha value is -1.07. The molecule has 114 valence electrons. The van der Waals surface area contributed by atoms with E-state index in [2.05, 4.69) is 17.6 Å². The molecule has 1 aromatic carbocycles. The van der Waals surface area contributed by atoms with Crippen molar-refractivity contribution in [1.29, 1.82) is 0 Å². The van der Waals surface area contributed by atoms with Crippen LogP contribution in [0.4, 0.5) is 4.39 Å². The molecule has 1 saturated heterocycles. The van der Waals surface area contributed by atoms with E-state index in [9.17, 15) is 9.18 Å². The van der Waals surface area contributed by atoms with E-state index in [1.165, 1.54) is 6.07 Å². The highest BCUT2D eigenvalue weighted by atomic mass is 32.2. The van der Waals surface area contributed by atoms with Gasteiger partial charge in [0.05, 0.1) is 6.04 Å². The van der Waals surface area contributed by atoms with E-state index in [1.807, 2.05) is 6.07 Å². The molecular weight excluding hydrogens is 287 g/mol. The summed E-state index contributed by atoms with van der Waals surface area (Å²) in [6, 6.07) is 5.22. The fourth-order valence-corrected chi connectivity index (χ4v) is 4.28. The first-order chi connectivity index (χ1) is 10.1. The number of halogens is 1. The predicted octanol–water partition coefficient (Wildman–Crippen LogP) is 2.87. The standard InChI is InChI=1S/C16H21FN2OS/c1-10-8-11(4-6-18-10)16(20)19-14-5-7-21-15-3-2-12(17)9-13(14)15/h2-3,9-11,14,18H,4-8H2,1H3,(H,19,20). The molecule has 1 aromatic rings. The second-order valence-corrected chi connectivity index (χ2v) is 7.09. The quantitative estimate of drug-likeness (QED) is 0.883. The summed E-state index contributed by atoms with van der Waals surface area (Å²) < 4.78 is 13.5. The van der Waals surface area contributed by atoms with Crippen LogP contribution in [0.5, 0.6) is 0 Å². The normalized spacial score (nSPS) is 28.8. The van der Waals surface area contributed by atoms with E-state index in [0.29, 0.717) is 6.04 Å². The van der Waals surface area contributed by atoms with Crippen molar-refractivity contribution in [2.75, 3.05) is 12.3 Å². The molecule has 5 heteroatoms. The number of piperidine rings is 1. The average molecular weight is 308 g/mol. The van der Waals surface area contributed by atoms with Crippen LogP contribution in [-0.4, -0.2) is 24.2 Å².